The lowest BCUT2D eigenvalue weighted by molar-refractivity contribution is -0.136. The van der Waals surface area contributed by atoms with Gasteiger partial charge in [-0.2, -0.15) is 0 Å². The second kappa shape index (κ2) is 6.50. The topological polar surface area (TPSA) is 55.8 Å². The summed E-state index contributed by atoms with van der Waals surface area (Å²) >= 11 is 0. The number of piperazine rings is 1. The van der Waals surface area contributed by atoms with Gasteiger partial charge in [-0.05, 0) is 12.8 Å². The second-order valence-electron chi connectivity index (χ2n) is 5.45. The number of nitrogens with one attached hydrogen (secondary N) is 1. The Hall–Kier alpha value is -0.650. The Morgan fingerprint density at radius 2 is 2.00 bits per heavy atom. The Balaban J connectivity index is 1.83. The van der Waals surface area contributed by atoms with Crippen molar-refractivity contribution in [1.29, 1.82) is 0 Å². The number of carbonyl (C=O) groups excluding carboxylic acids is 1. The maximum atomic E-state index is 12.2. The third kappa shape index (κ3) is 3.43. The molecule has 1 saturated heterocycles. The summed E-state index contributed by atoms with van der Waals surface area (Å²) in [5.41, 5.74) is 0. The van der Waals surface area contributed by atoms with E-state index in [1.165, 1.54) is 0 Å². The van der Waals surface area contributed by atoms with Gasteiger partial charge in [-0.1, -0.05) is 12.8 Å². The molecular formula is C13H25N3O2. The SMILES string of the molecule is CN(C(=O)CN1CCNCC1)C1CCCCC1O. The molecule has 5 nitrogen and oxygen atoms in total. The Bertz CT molecular complexity index is 279. The van der Waals surface area contributed by atoms with Crippen LogP contribution >= 0.6 is 0 Å². The van der Waals surface area contributed by atoms with E-state index in [2.05, 4.69) is 10.2 Å². The summed E-state index contributed by atoms with van der Waals surface area (Å²) in [5.74, 6) is 0.142. The van der Waals surface area contributed by atoms with Crippen molar-refractivity contribution in [3.8, 4) is 0 Å². The highest BCUT2D eigenvalue weighted by molar-refractivity contribution is 5.78. The van der Waals surface area contributed by atoms with Crippen LogP contribution in [0.1, 0.15) is 25.7 Å². The summed E-state index contributed by atoms with van der Waals surface area (Å²) in [4.78, 5) is 16.2. The molecule has 0 bridgehead atoms. The largest absolute Gasteiger partial charge is 0.391 e. The standard InChI is InChI=1S/C13H25N3O2/c1-15(11-4-2-3-5-12(11)17)13(18)10-16-8-6-14-7-9-16/h11-12,14,17H,2-10H2,1H3. The number of amides is 1. The van der Waals surface area contributed by atoms with Crippen LogP contribution in [0.3, 0.4) is 0 Å². The molecule has 0 spiro atoms. The average Bonchev–Trinajstić information content (AvgIpc) is 2.39. The van der Waals surface area contributed by atoms with Crippen molar-refractivity contribution in [3.63, 3.8) is 0 Å². The fourth-order valence-electron chi connectivity index (χ4n) is 2.90. The molecule has 2 N–H and O–H groups in total. The van der Waals surface area contributed by atoms with Gasteiger partial charge in [-0.25, -0.2) is 0 Å². The molecule has 0 aromatic heterocycles. The number of aliphatic hydroxyl groups is 1. The molecule has 2 atom stereocenters. The van der Waals surface area contributed by atoms with Gasteiger partial charge in [0.15, 0.2) is 0 Å². The smallest absolute Gasteiger partial charge is 0.236 e. The number of carbonyl (C=O) groups is 1. The van der Waals surface area contributed by atoms with Gasteiger partial charge in [-0.3, -0.25) is 9.69 Å². The Morgan fingerprint density at radius 3 is 2.67 bits per heavy atom. The zero-order valence-electron chi connectivity index (χ0n) is 11.3. The molecule has 0 aromatic carbocycles. The van der Waals surface area contributed by atoms with E-state index in [0.29, 0.717) is 6.54 Å². The van der Waals surface area contributed by atoms with Crippen LogP contribution in [0.25, 0.3) is 0 Å². The highest BCUT2D eigenvalue weighted by Gasteiger charge is 2.29. The predicted molar refractivity (Wildman–Crippen MR) is 70.3 cm³/mol. The summed E-state index contributed by atoms with van der Waals surface area (Å²) < 4.78 is 0. The molecule has 5 heteroatoms. The third-order valence-corrected chi connectivity index (χ3v) is 4.15. The summed E-state index contributed by atoms with van der Waals surface area (Å²) in [6, 6.07) is 0.0224. The third-order valence-electron chi connectivity index (χ3n) is 4.15. The molecule has 1 aliphatic heterocycles. The van der Waals surface area contributed by atoms with Gasteiger partial charge in [-0.15, -0.1) is 0 Å². The normalized spacial score (nSPS) is 30.1. The minimum atomic E-state index is -0.337. The van der Waals surface area contributed by atoms with Gasteiger partial charge in [0.25, 0.3) is 0 Å². The molecule has 0 radical (unpaired) electrons. The van der Waals surface area contributed by atoms with Crippen LogP contribution < -0.4 is 5.32 Å². The van der Waals surface area contributed by atoms with Crippen LogP contribution in [-0.4, -0.2) is 72.7 Å². The first-order valence-corrected chi connectivity index (χ1v) is 7.05. The van der Waals surface area contributed by atoms with E-state index >= 15 is 0 Å². The average molecular weight is 255 g/mol. The molecule has 2 rings (SSSR count). The van der Waals surface area contributed by atoms with Crippen molar-refractivity contribution in [2.75, 3.05) is 39.8 Å². The summed E-state index contributed by atoms with van der Waals surface area (Å²) in [6.07, 6.45) is 3.63. The highest BCUT2D eigenvalue weighted by Crippen LogP contribution is 2.22. The number of aliphatic hydroxyl groups excluding tert-OH is 1. The zero-order chi connectivity index (χ0) is 13.0. The van der Waals surface area contributed by atoms with E-state index in [4.69, 9.17) is 0 Å². The van der Waals surface area contributed by atoms with E-state index in [-0.39, 0.29) is 18.1 Å². The first kappa shape index (κ1) is 13.8. The van der Waals surface area contributed by atoms with Crippen molar-refractivity contribution < 1.29 is 9.90 Å². The molecule has 2 aliphatic rings. The van der Waals surface area contributed by atoms with Crippen molar-refractivity contribution >= 4 is 5.91 Å². The van der Waals surface area contributed by atoms with Crippen LogP contribution in [0, 0.1) is 0 Å². The summed E-state index contributed by atoms with van der Waals surface area (Å²) in [5, 5.41) is 13.3. The molecule has 1 saturated carbocycles. The highest BCUT2D eigenvalue weighted by atomic mass is 16.3. The van der Waals surface area contributed by atoms with Gasteiger partial charge in [0, 0.05) is 33.2 Å². The van der Waals surface area contributed by atoms with Gasteiger partial charge in [0.05, 0.1) is 18.7 Å². The number of hydrogen-bond donors (Lipinski definition) is 2. The number of nitrogens with zero attached hydrogens (tertiary/aromatic N) is 2. The second-order valence-corrected chi connectivity index (χ2v) is 5.45. The molecule has 18 heavy (non-hydrogen) atoms. The number of hydrogen-bond acceptors (Lipinski definition) is 4. The number of likely N-dealkylation sites (N-methyl/N-ethyl adjacent to an activating group) is 1. The van der Waals surface area contributed by atoms with Crippen molar-refractivity contribution in [2.24, 2.45) is 0 Å². The molecular weight excluding hydrogens is 230 g/mol. The Morgan fingerprint density at radius 1 is 1.33 bits per heavy atom. The van der Waals surface area contributed by atoms with E-state index in [1.807, 2.05) is 7.05 Å². The van der Waals surface area contributed by atoms with Crippen LogP contribution in [0.2, 0.25) is 0 Å². The van der Waals surface area contributed by atoms with Gasteiger partial charge in [0.2, 0.25) is 5.91 Å². The summed E-state index contributed by atoms with van der Waals surface area (Å²) in [7, 11) is 1.84. The van der Waals surface area contributed by atoms with Gasteiger partial charge < -0.3 is 15.3 Å². The van der Waals surface area contributed by atoms with E-state index in [0.717, 1.165) is 51.9 Å². The first-order valence-electron chi connectivity index (χ1n) is 7.05. The molecule has 2 unspecified atom stereocenters. The quantitative estimate of drug-likeness (QED) is 0.724. The molecule has 104 valence electrons. The first-order chi connectivity index (χ1) is 8.68. The Labute approximate surface area is 109 Å². The van der Waals surface area contributed by atoms with E-state index < -0.39 is 0 Å². The minimum Gasteiger partial charge on any atom is -0.391 e. The van der Waals surface area contributed by atoms with Gasteiger partial charge >= 0.3 is 0 Å². The Kier molecular flexibility index (Phi) is 4.97. The molecule has 1 aliphatic carbocycles. The van der Waals surface area contributed by atoms with Crippen molar-refractivity contribution in [2.45, 2.75) is 37.8 Å². The lowest BCUT2D eigenvalue weighted by Gasteiger charge is -2.36. The van der Waals surface area contributed by atoms with Crippen molar-refractivity contribution in [3.05, 3.63) is 0 Å². The lowest BCUT2D eigenvalue weighted by Crippen LogP contribution is -2.52. The molecule has 1 amide bonds. The van der Waals surface area contributed by atoms with Crippen LogP contribution in [0.15, 0.2) is 0 Å². The zero-order valence-corrected chi connectivity index (χ0v) is 11.3. The van der Waals surface area contributed by atoms with Crippen molar-refractivity contribution in [1.82, 2.24) is 15.1 Å². The minimum absolute atomic E-state index is 0.0224. The summed E-state index contributed by atoms with van der Waals surface area (Å²) in [6.45, 7) is 4.28. The molecule has 2 fully saturated rings. The predicted octanol–water partition coefficient (Wildman–Crippen LogP) is -0.346. The van der Waals surface area contributed by atoms with E-state index in [9.17, 15) is 9.90 Å². The monoisotopic (exact) mass is 255 g/mol. The fraction of sp³-hybridized carbons (Fsp3) is 0.923. The maximum Gasteiger partial charge on any atom is 0.236 e. The fourth-order valence-corrected chi connectivity index (χ4v) is 2.90. The maximum absolute atomic E-state index is 12.2. The molecule has 0 aromatic rings. The van der Waals surface area contributed by atoms with Crippen LogP contribution in [-0.2, 0) is 4.79 Å². The van der Waals surface area contributed by atoms with Crippen LogP contribution in [0.5, 0.6) is 0 Å². The van der Waals surface area contributed by atoms with E-state index in [1.54, 1.807) is 4.90 Å². The number of rotatable bonds is 3. The van der Waals surface area contributed by atoms with Gasteiger partial charge in [0.1, 0.15) is 0 Å². The molecule has 1 heterocycles. The lowest BCUT2D eigenvalue weighted by atomic mass is 9.91. The van der Waals surface area contributed by atoms with Crippen LogP contribution in [0.4, 0.5) is 0 Å².